The molecule has 2 aromatic carbocycles. The molecule has 0 saturated carbocycles. The van der Waals surface area contributed by atoms with Gasteiger partial charge >= 0.3 is 0 Å². The van der Waals surface area contributed by atoms with Crippen molar-refractivity contribution in [3.8, 4) is 28.6 Å². The van der Waals surface area contributed by atoms with E-state index in [0.717, 1.165) is 17.5 Å². The predicted octanol–water partition coefficient (Wildman–Crippen LogP) is 4.25. The molecule has 0 aliphatic heterocycles. The van der Waals surface area contributed by atoms with E-state index in [1.807, 2.05) is 43.3 Å². The summed E-state index contributed by atoms with van der Waals surface area (Å²) in [5, 5.41) is 6.89. The summed E-state index contributed by atoms with van der Waals surface area (Å²) >= 11 is 0. The van der Waals surface area contributed by atoms with E-state index < -0.39 is 0 Å². The molecule has 0 unspecified atom stereocenters. The average molecular weight is 379 g/mol. The summed E-state index contributed by atoms with van der Waals surface area (Å²) in [5.74, 6) is 2.04. The number of hydrogen-bond acceptors (Lipinski definition) is 5. The van der Waals surface area contributed by atoms with E-state index in [2.05, 4.69) is 29.3 Å². The Labute approximate surface area is 164 Å². The van der Waals surface area contributed by atoms with Gasteiger partial charge in [-0.05, 0) is 43.5 Å². The van der Waals surface area contributed by atoms with Gasteiger partial charge in [0.1, 0.15) is 5.75 Å². The Kier molecular flexibility index (Phi) is 6.42. The van der Waals surface area contributed by atoms with Crippen LogP contribution in [0.4, 0.5) is 0 Å². The van der Waals surface area contributed by atoms with Gasteiger partial charge in [0.25, 0.3) is 11.8 Å². The van der Waals surface area contributed by atoms with Crippen molar-refractivity contribution in [1.29, 1.82) is 0 Å². The van der Waals surface area contributed by atoms with Crippen LogP contribution in [-0.2, 0) is 4.79 Å². The Balaban J connectivity index is 1.56. The van der Waals surface area contributed by atoms with Crippen LogP contribution in [-0.4, -0.2) is 29.2 Å². The molecule has 1 heterocycles. The Morgan fingerprint density at radius 3 is 2.43 bits per heavy atom. The van der Waals surface area contributed by atoms with Gasteiger partial charge in [0, 0.05) is 17.7 Å². The highest BCUT2D eigenvalue weighted by Crippen LogP contribution is 2.24. The van der Waals surface area contributed by atoms with Crippen molar-refractivity contribution in [2.24, 2.45) is 5.92 Å². The van der Waals surface area contributed by atoms with Crippen LogP contribution >= 0.6 is 0 Å². The maximum absolute atomic E-state index is 11.8. The molecule has 146 valence electrons. The number of nitrogens with zero attached hydrogens (tertiary/aromatic N) is 2. The van der Waals surface area contributed by atoms with Gasteiger partial charge < -0.3 is 14.6 Å². The predicted molar refractivity (Wildman–Crippen MR) is 108 cm³/mol. The summed E-state index contributed by atoms with van der Waals surface area (Å²) in [7, 11) is 0. The van der Waals surface area contributed by atoms with Crippen LogP contribution in [0.3, 0.4) is 0 Å². The Morgan fingerprint density at radius 1 is 1.07 bits per heavy atom. The van der Waals surface area contributed by atoms with Crippen molar-refractivity contribution in [1.82, 2.24) is 15.5 Å². The zero-order valence-corrected chi connectivity index (χ0v) is 16.4. The highest BCUT2D eigenvalue weighted by atomic mass is 16.5. The molecule has 1 amide bonds. The summed E-state index contributed by atoms with van der Waals surface area (Å²) < 4.78 is 10.9. The lowest BCUT2D eigenvalue weighted by atomic mass is 10.1. The van der Waals surface area contributed by atoms with E-state index >= 15 is 0 Å². The fraction of sp³-hybridized carbons (Fsp3) is 0.318. The van der Waals surface area contributed by atoms with E-state index in [4.69, 9.17) is 9.26 Å². The zero-order chi connectivity index (χ0) is 19.9. The van der Waals surface area contributed by atoms with Crippen LogP contribution in [0.5, 0.6) is 5.75 Å². The van der Waals surface area contributed by atoms with Gasteiger partial charge in [-0.15, -0.1) is 0 Å². The molecule has 0 saturated heterocycles. The van der Waals surface area contributed by atoms with Gasteiger partial charge in [-0.1, -0.05) is 48.8 Å². The van der Waals surface area contributed by atoms with Crippen LogP contribution in [0, 0.1) is 12.8 Å². The van der Waals surface area contributed by atoms with Crippen molar-refractivity contribution in [2.45, 2.75) is 27.2 Å². The highest BCUT2D eigenvalue weighted by molar-refractivity contribution is 5.77. The first-order valence-corrected chi connectivity index (χ1v) is 9.42. The quantitative estimate of drug-likeness (QED) is 0.633. The van der Waals surface area contributed by atoms with Crippen molar-refractivity contribution in [3.63, 3.8) is 0 Å². The van der Waals surface area contributed by atoms with Crippen molar-refractivity contribution >= 4 is 5.91 Å². The first kappa shape index (κ1) is 19.6. The monoisotopic (exact) mass is 379 g/mol. The number of benzene rings is 2. The SMILES string of the molecule is Cc1ccc(-c2noc(-c3ccc(OCC(=O)NCCC(C)C)cc3)n2)cc1. The van der Waals surface area contributed by atoms with Crippen molar-refractivity contribution in [3.05, 3.63) is 54.1 Å². The second-order valence-corrected chi connectivity index (χ2v) is 7.13. The number of carbonyl (C=O) groups is 1. The van der Waals surface area contributed by atoms with E-state index in [0.29, 0.717) is 29.9 Å². The smallest absolute Gasteiger partial charge is 0.258 e. The summed E-state index contributed by atoms with van der Waals surface area (Å²) in [6.45, 7) is 6.94. The molecule has 0 fully saturated rings. The van der Waals surface area contributed by atoms with Gasteiger partial charge in [0.2, 0.25) is 5.82 Å². The largest absolute Gasteiger partial charge is 0.484 e. The van der Waals surface area contributed by atoms with Crippen LogP contribution in [0.25, 0.3) is 22.8 Å². The third-order valence-electron chi connectivity index (χ3n) is 4.25. The molecule has 1 N–H and O–H groups in total. The second kappa shape index (κ2) is 9.17. The Hall–Kier alpha value is -3.15. The third kappa shape index (κ3) is 5.42. The summed E-state index contributed by atoms with van der Waals surface area (Å²) in [4.78, 5) is 16.2. The first-order valence-electron chi connectivity index (χ1n) is 9.42. The van der Waals surface area contributed by atoms with Crippen molar-refractivity contribution in [2.75, 3.05) is 13.2 Å². The lowest BCUT2D eigenvalue weighted by molar-refractivity contribution is -0.123. The average Bonchev–Trinajstić information content (AvgIpc) is 3.17. The number of hydrogen-bond donors (Lipinski definition) is 1. The van der Waals surface area contributed by atoms with Crippen molar-refractivity contribution < 1.29 is 14.1 Å². The molecule has 0 radical (unpaired) electrons. The maximum atomic E-state index is 11.8. The molecule has 0 aliphatic rings. The molecule has 0 aliphatic carbocycles. The number of nitrogens with one attached hydrogen (secondary N) is 1. The Bertz CT molecular complexity index is 900. The lowest BCUT2D eigenvalue weighted by Gasteiger charge is -2.08. The molecule has 28 heavy (non-hydrogen) atoms. The summed E-state index contributed by atoms with van der Waals surface area (Å²) in [5.41, 5.74) is 2.88. The fourth-order valence-electron chi connectivity index (χ4n) is 2.55. The summed E-state index contributed by atoms with van der Waals surface area (Å²) in [6, 6.07) is 15.2. The van der Waals surface area contributed by atoms with Crippen LogP contribution in [0.2, 0.25) is 0 Å². The number of rotatable bonds is 8. The topological polar surface area (TPSA) is 77.2 Å². The molecular formula is C22H25N3O3. The standard InChI is InChI=1S/C22H25N3O3/c1-15(2)12-13-23-20(26)14-27-19-10-8-18(9-11-19)22-24-21(25-28-22)17-6-4-16(3)5-7-17/h4-11,15H,12-14H2,1-3H3,(H,23,26). The molecule has 0 atom stereocenters. The minimum atomic E-state index is -0.121. The highest BCUT2D eigenvalue weighted by Gasteiger charge is 2.11. The minimum absolute atomic E-state index is 0.00439. The maximum Gasteiger partial charge on any atom is 0.258 e. The number of aryl methyl sites for hydroxylation is 1. The number of aromatic nitrogens is 2. The third-order valence-corrected chi connectivity index (χ3v) is 4.25. The molecule has 3 aromatic rings. The molecule has 3 rings (SSSR count). The van der Waals surface area contributed by atoms with Crippen LogP contribution in [0.1, 0.15) is 25.8 Å². The van der Waals surface area contributed by atoms with E-state index in [1.54, 1.807) is 12.1 Å². The lowest BCUT2D eigenvalue weighted by Crippen LogP contribution is -2.30. The normalized spacial score (nSPS) is 10.9. The van der Waals surface area contributed by atoms with Gasteiger partial charge in [0.15, 0.2) is 6.61 Å². The molecular weight excluding hydrogens is 354 g/mol. The van der Waals surface area contributed by atoms with Gasteiger partial charge in [-0.3, -0.25) is 4.79 Å². The molecule has 0 spiro atoms. The van der Waals surface area contributed by atoms with E-state index in [-0.39, 0.29) is 12.5 Å². The second-order valence-electron chi connectivity index (χ2n) is 7.13. The van der Waals surface area contributed by atoms with Gasteiger partial charge in [-0.2, -0.15) is 4.98 Å². The zero-order valence-electron chi connectivity index (χ0n) is 16.4. The minimum Gasteiger partial charge on any atom is -0.484 e. The van der Waals surface area contributed by atoms with Crippen LogP contribution in [0.15, 0.2) is 53.1 Å². The molecule has 6 heteroatoms. The number of ether oxygens (including phenoxy) is 1. The molecule has 6 nitrogen and oxygen atoms in total. The van der Waals surface area contributed by atoms with Gasteiger partial charge in [0.05, 0.1) is 0 Å². The number of carbonyl (C=O) groups excluding carboxylic acids is 1. The van der Waals surface area contributed by atoms with E-state index in [1.165, 1.54) is 5.56 Å². The van der Waals surface area contributed by atoms with Crippen LogP contribution < -0.4 is 10.1 Å². The fourth-order valence-corrected chi connectivity index (χ4v) is 2.55. The molecule has 0 bridgehead atoms. The Morgan fingerprint density at radius 2 is 1.75 bits per heavy atom. The first-order chi connectivity index (χ1) is 13.5. The number of amides is 1. The molecule has 1 aromatic heterocycles. The van der Waals surface area contributed by atoms with Gasteiger partial charge in [-0.25, -0.2) is 0 Å². The summed E-state index contributed by atoms with van der Waals surface area (Å²) in [6.07, 6.45) is 0.954. The van der Waals surface area contributed by atoms with E-state index in [9.17, 15) is 4.79 Å².